The quantitative estimate of drug-likeness (QED) is 0.190. The first-order chi connectivity index (χ1) is 14.7. The molecule has 0 spiro atoms. The van der Waals surface area contributed by atoms with Crippen LogP contribution in [-0.4, -0.2) is 73.1 Å². The molecule has 186 valence electrons. The number of amides is 2. The lowest BCUT2D eigenvalue weighted by atomic mass is 10.2. The maximum absolute atomic E-state index is 11.9. The predicted molar refractivity (Wildman–Crippen MR) is 124 cm³/mol. The van der Waals surface area contributed by atoms with Gasteiger partial charge in [-0.1, -0.05) is 21.6 Å². The summed E-state index contributed by atoms with van der Waals surface area (Å²) in [5.74, 6) is -0.0619. The van der Waals surface area contributed by atoms with E-state index in [2.05, 4.69) is 10.6 Å². The van der Waals surface area contributed by atoms with Crippen LogP contribution in [0.15, 0.2) is 0 Å². The zero-order chi connectivity index (χ0) is 24.9. The lowest BCUT2D eigenvalue weighted by Crippen LogP contribution is -2.44. The van der Waals surface area contributed by atoms with Crippen molar-refractivity contribution >= 4 is 45.7 Å². The first-order valence-corrected chi connectivity index (χ1v) is 12.6. The summed E-state index contributed by atoms with van der Waals surface area (Å²) in [6.45, 7) is 10.4. The van der Waals surface area contributed by atoms with Gasteiger partial charge in [-0.2, -0.15) is 0 Å². The van der Waals surface area contributed by atoms with Crippen LogP contribution in [0.25, 0.3) is 0 Å². The van der Waals surface area contributed by atoms with Crippen LogP contribution in [0, 0.1) is 0 Å². The fourth-order valence-corrected chi connectivity index (χ4v) is 4.32. The average Bonchev–Trinajstić information content (AvgIpc) is 2.64. The molecule has 32 heavy (non-hydrogen) atoms. The fourth-order valence-electron chi connectivity index (χ4n) is 2.13. The third-order valence-electron chi connectivity index (χ3n) is 3.42. The van der Waals surface area contributed by atoms with Crippen LogP contribution < -0.4 is 10.6 Å². The standard InChI is InChI=1S/C20H36N2O8S2/c1-19(2,3)29-17(25)21-13(15(23)27-7)9-11-31-32-12-10-14(16(24)28-8)22-18(26)30-20(4,5)6/h13-14H,9-12H2,1-8H3,(H,21,25)(H,22,26)/t13-,14-/m1/s1. The van der Waals surface area contributed by atoms with E-state index in [1.54, 1.807) is 41.5 Å². The van der Waals surface area contributed by atoms with E-state index in [0.717, 1.165) is 0 Å². The van der Waals surface area contributed by atoms with Gasteiger partial charge in [-0.05, 0) is 54.4 Å². The molecule has 12 heteroatoms. The Kier molecular flexibility index (Phi) is 13.5. The number of hydrogen-bond acceptors (Lipinski definition) is 10. The smallest absolute Gasteiger partial charge is 0.408 e. The van der Waals surface area contributed by atoms with Crippen molar-refractivity contribution in [2.45, 2.75) is 77.7 Å². The highest BCUT2D eigenvalue weighted by Crippen LogP contribution is 2.24. The molecule has 0 bridgehead atoms. The molecule has 0 rings (SSSR count). The summed E-state index contributed by atoms with van der Waals surface area (Å²) in [5, 5.41) is 5.03. The molecular formula is C20H36N2O8S2. The average molecular weight is 497 g/mol. The molecule has 0 aromatic carbocycles. The molecule has 0 radical (unpaired) electrons. The zero-order valence-electron chi connectivity index (χ0n) is 20.1. The molecule has 2 amide bonds. The molecule has 0 saturated heterocycles. The Balaban J connectivity index is 4.49. The van der Waals surface area contributed by atoms with Gasteiger partial charge in [-0.15, -0.1) is 0 Å². The molecular weight excluding hydrogens is 460 g/mol. The second kappa shape index (κ2) is 14.4. The van der Waals surface area contributed by atoms with E-state index in [4.69, 9.17) is 18.9 Å². The van der Waals surface area contributed by atoms with Gasteiger partial charge in [0, 0.05) is 11.5 Å². The Hall–Kier alpha value is -1.82. The van der Waals surface area contributed by atoms with E-state index >= 15 is 0 Å². The van der Waals surface area contributed by atoms with E-state index in [1.807, 2.05) is 0 Å². The first kappa shape index (κ1) is 30.2. The zero-order valence-corrected chi connectivity index (χ0v) is 21.7. The van der Waals surface area contributed by atoms with E-state index in [-0.39, 0.29) is 0 Å². The summed E-state index contributed by atoms with van der Waals surface area (Å²) in [4.78, 5) is 47.7. The number of methoxy groups -OCH3 is 2. The molecule has 0 aliphatic heterocycles. The van der Waals surface area contributed by atoms with E-state index < -0.39 is 47.4 Å². The maximum Gasteiger partial charge on any atom is 0.408 e. The van der Waals surface area contributed by atoms with Gasteiger partial charge >= 0.3 is 24.1 Å². The minimum absolute atomic E-state index is 0.334. The van der Waals surface area contributed by atoms with Gasteiger partial charge in [0.05, 0.1) is 14.2 Å². The maximum atomic E-state index is 11.9. The molecule has 0 aromatic heterocycles. The SMILES string of the molecule is COC(=O)[C@@H](CCSSCC[C@@H](NC(=O)OC(C)(C)C)C(=O)OC)NC(=O)OC(C)(C)C. The molecule has 0 heterocycles. The highest BCUT2D eigenvalue weighted by Gasteiger charge is 2.26. The van der Waals surface area contributed by atoms with Crippen molar-refractivity contribution in [3.05, 3.63) is 0 Å². The monoisotopic (exact) mass is 496 g/mol. The summed E-state index contributed by atoms with van der Waals surface area (Å²) in [6, 6.07) is -1.67. The Morgan fingerprint density at radius 2 is 1.00 bits per heavy atom. The second-order valence-corrected chi connectivity index (χ2v) is 11.4. The first-order valence-electron chi connectivity index (χ1n) is 10.1. The van der Waals surface area contributed by atoms with E-state index in [1.165, 1.54) is 35.8 Å². The molecule has 0 aliphatic carbocycles. The minimum atomic E-state index is -0.834. The van der Waals surface area contributed by atoms with Gasteiger partial charge in [0.25, 0.3) is 0 Å². The number of hydrogen-bond donors (Lipinski definition) is 2. The number of rotatable bonds is 11. The second-order valence-electron chi connectivity index (χ2n) is 8.67. The number of nitrogens with one attached hydrogen (secondary N) is 2. The highest BCUT2D eigenvalue weighted by atomic mass is 33.1. The van der Waals surface area contributed by atoms with Crippen LogP contribution in [-0.2, 0) is 28.5 Å². The lowest BCUT2D eigenvalue weighted by molar-refractivity contribution is -0.143. The number of carbonyl (C=O) groups excluding carboxylic acids is 4. The Morgan fingerprint density at radius 3 is 1.25 bits per heavy atom. The van der Waals surface area contributed by atoms with Crippen molar-refractivity contribution < 1.29 is 38.1 Å². The third-order valence-corrected chi connectivity index (χ3v) is 5.89. The minimum Gasteiger partial charge on any atom is -0.467 e. The number of alkyl carbamates (subject to hydrolysis) is 2. The van der Waals surface area contributed by atoms with Crippen LogP contribution in [0.2, 0.25) is 0 Å². The van der Waals surface area contributed by atoms with Gasteiger partial charge in [-0.3, -0.25) is 0 Å². The molecule has 10 nitrogen and oxygen atoms in total. The predicted octanol–water partition coefficient (Wildman–Crippen LogP) is 3.28. The molecule has 0 fully saturated rings. The molecule has 2 N–H and O–H groups in total. The van der Waals surface area contributed by atoms with Crippen molar-refractivity contribution in [1.82, 2.24) is 10.6 Å². The van der Waals surface area contributed by atoms with Gasteiger partial charge in [0.2, 0.25) is 0 Å². The van der Waals surface area contributed by atoms with Crippen LogP contribution >= 0.6 is 21.6 Å². The third kappa shape index (κ3) is 15.1. The Bertz CT molecular complexity index is 578. The van der Waals surface area contributed by atoms with Crippen molar-refractivity contribution in [1.29, 1.82) is 0 Å². The fraction of sp³-hybridized carbons (Fsp3) is 0.800. The van der Waals surface area contributed by atoms with Crippen molar-refractivity contribution in [2.75, 3.05) is 25.7 Å². The normalized spacial score (nSPS) is 13.4. The van der Waals surface area contributed by atoms with Gasteiger partial charge in [0.15, 0.2) is 0 Å². The van der Waals surface area contributed by atoms with Crippen LogP contribution in [0.4, 0.5) is 9.59 Å². The summed E-state index contributed by atoms with van der Waals surface area (Å²) < 4.78 is 19.8. The van der Waals surface area contributed by atoms with E-state index in [0.29, 0.717) is 24.3 Å². The number of esters is 2. The Morgan fingerprint density at radius 1 is 0.688 bits per heavy atom. The lowest BCUT2D eigenvalue weighted by Gasteiger charge is -2.23. The summed E-state index contributed by atoms with van der Waals surface area (Å²) in [5.41, 5.74) is -1.36. The Labute approximate surface area is 198 Å². The van der Waals surface area contributed by atoms with Crippen LogP contribution in [0.1, 0.15) is 54.4 Å². The molecule has 0 aromatic rings. The van der Waals surface area contributed by atoms with E-state index in [9.17, 15) is 19.2 Å². The topological polar surface area (TPSA) is 129 Å². The number of ether oxygens (including phenoxy) is 4. The summed E-state index contributed by atoms with van der Waals surface area (Å²) >= 11 is 0. The van der Waals surface area contributed by atoms with Crippen LogP contribution in [0.3, 0.4) is 0 Å². The van der Waals surface area contributed by atoms with Crippen molar-refractivity contribution in [3.63, 3.8) is 0 Å². The largest absolute Gasteiger partial charge is 0.467 e. The van der Waals surface area contributed by atoms with Crippen molar-refractivity contribution in [2.24, 2.45) is 0 Å². The van der Waals surface area contributed by atoms with Gasteiger partial charge in [0.1, 0.15) is 23.3 Å². The summed E-state index contributed by atoms with van der Waals surface area (Å²) in [7, 11) is 5.42. The van der Waals surface area contributed by atoms with Gasteiger partial charge < -0.3 is 29.6 Å². The van der Waals surface area contributed by atoms with Crippen LogP contribution in [0.5, 0.6) is 0 Å². The van der Waals surface area contributed by atoms with Gasteiger partial charge in [-0.25, -0.2) is 19.2 Å². The molecule has 0 unspecified atom stereocenters. The molecule has 0 saturated carbocycles. The number of carbonyl (C=O) groups is 4. The van der Waals surface area contributed by atoms with Crippen molar-refractivity contribution in [3.8, 4) is 0 Å². The molecule has 2 atom stereocenters. The molecule has 0 aliphatic rings. The summed E-state index contributed by atoms with van der Waals surface area (Å²) in [6.07, 6.45) is -0.722. The highest BCUT2D eigenvalue weighted by molar-refractivity contribution is 8.76.